The number of likely N-dealkylation sites (tertiary alicyclic amines) is 1. The maximum atomic E-state index is 12.5. The van der Waals surface area contributed by atoms with Gasteiger partial charge in [-0.25, -0.2) is 0 Å². The first kappa shape index (κ1) is 13.1. The molecule has 0 aromatic carbocycles. The lowest BCUT2D eigenvalue weighted by atomic mass is 9.66. The second kappa shape index (κ2) is 4.42. The summed E-state index contributed by atoms with van der Waals surface area (Å²) >= 11 is 0. The van der Waals surface area contributed by atoms with Crippen LogP contribution in [0.3, 0.4) is 0 Å². The van der Waals surface area contributed by atoms with Gasteiger partial charge in [-0.2, -0.15) is 0 Å². The monoisotopic (exact) mass is 255 g/mol. The largest absolute Gasteiger partial charge is 0.409 e. The SMILES string of the molecule is CC1(O)CCCN(C(=O)C2(C(N)=NO)CCC2)C1. The lowest BCUT2D eigenvalue weighted by molar-refractivity contribution is -0.148. The van der Waals surface area contributed by atoms with Gasteiger partial charge in [0, 0.05) is 13.1 Å². The van der Waals surface area contributed by atoms with E-state index < -0.39 is 11.0 Å². The summed E-state index contributed by atoms with van der Waals surface area (Å²) in [5.41, 5.74) is 4.02. The Bertz CT molecular complexity index is 375. The van der Waals surface area contributed by atoms with E-state index >= 15 is 0 Å². The van der Waals surface area contributed by atoms with Crippen molar-refractivity contribution >= 4 is 11.7 Å². The minimum absolute atomic E-state index is 0.00367. The minimum Gasteiger partial charge on any atom is -0.409 e. The first-order chi connectivity index (χ1) is 8.41. The number of oxime groups is 1. The van der Waals surface area contributed by atoms with Crippen molar-refractivity contribution < 1.29 is 15.1 Å². The van der Waals surface area contributed by atoms with E-state index in [1.165, 1.54) is 0 Å². The van der Waals surface area contributed by atoms with Gasteiger partial charge in [-0.05, 0) is 32.6 Å². The molecular formula is C12H21N3O3. The van der Waals surface area contributed by atoms with Crippen LogP contribution in [0.2, 0.25) is 0 Å². The van der Waals surface area contributed by atoms with E-state index in [0.717, 1.165) is 12.8 Å². The first-order valence-corrected chi connectivity index (χ1v) is 6.41. The van der Waals surface area contributed by atoms with Crippen LogP contribution in [-0.4, -0.2) is 45.6 Å². The van der Waals surface area contributed by atoms with Crippen molar-refractivity contribution in [3.8, 4) is 0 Å². The Hall–Kier alpha value is -1.30. The van der Waals surface area contributed by atoms with Crippen molar-refractivity contribution in [2.24, 2.45) is 16.3 Å². The quantitative estimate of drug-likeness (QED) is 0.285. The fourth-order valence-corrected chi connectivity index (χ4v) is 2.90. The van der Waals surface area contributed by atoms with E-state index in [1.807, 2.05) is 0 Å². The molecule has 0 spiro atoms. The van der Waals surface area contributed by atoms with E-state index in [1.54, 1.807) is 11.8 Å². The number of β-amino-alcohol motifs (C(OH)–C–C–N with tert-alkyl or cyclic N) is 1. The van der Waals surface area contributed by atoms with E-state index in [-0.39, 0.29) is 11.7 Å². The van der Waals surface area contributed by atoms with E-state index in [9.17, 15) is 9.90 Å². The maximum absolute atomic E-state index is 12.5. The Morgan fingerprint density at radius 3 is 2.44 bits per heavy atom. The van der Waals surface area contributed by atoms with E-state index in [2.05, 4.69) is 5.16 Å². The Labute approximate surface area is 106 Å². The highest BCUT2D eigenvalue weighted by Gasteiger charge is 2.51. The third-order valence-electron chi connectivity index (χ3n) is 4.18. The molecule has 2 aliphatic rings. The third kappa shape index (κ3) is 2.05. The summed E-state index contributed by atoms with van der Waals surface area (Å²) in [6.07, 6.45) is 3.64. The van der Waals surface area contributed by atoms with Crippen LogP contribution in [0.1, 0.15) is 39.0 Å². The standard InChI is InChI=1S/C12H21N3O3/c1-11(17)4-3-7-15(8-11)10(16)12(5-2-6-12)9(13)14-18/h17-18H,2-8H2,1H3,(H2,13,14). The van der Waals surface area contributed by atoms with Crippen LogP contribution in [-0.2, 0) is 4.79 Å². The molecule has 0 aromatic rings. The summed E-state index contributed by atoms with van der Waals surface area (Å²) in [6.45, 7) is 2.70. The van der Waals surface area contributed by atoms with Gasteiger partial charge in [-0.3, -0.25) is 4.79 Å². The Kier molecular flexibility index (Phi) is 3.23. The second-order valence-corrected chi connectivity index (χ2v) is 5.75. The molecule has 0 radical (unpaired) electrons. The van der Waals surface area contributed by atoms with Gasteiger partial charge < -0.3 is 20.9 Å². The molecule has 0 bridgehead atoms. The molecule has 1 amide bonds. The third-order valence-corrected chi connectivity index (χ3v) is 4.18. The number of hydrogen-bond acceptors (Lipinski definition) is 4. The van der Waals surface area contributed by atoms with Gasteiger partial charge in [-0.1, -0.05) is 11.6 Å². The second-order valence-electron chi connectivity index (χ2n) is 5.75. The van der Waals surface area contributed by atoms with Crippen LogP contribution in [0.15, 0.2) is 5.16 Å². The minimum atomic E-state index is -0.831. The molecule has 1 saturated heterocycles. The number of nitrogens with zero attached hydrogens (tertiary/aromatic N) is 2. The van der Waals surface area contributed by atoms with Crippen molar-refractivity contribution in [2.45, 2.75) is 44.6 Å². The number of amides is 1. The molecule has 18 heavy (non-hydrogen) atoms. The van der Waals surface area contributed by atoms with Crippen LogP contribution in [0.25, 0.3) is 0 Å². The van der Waals surface area contributed by atoms with Gasteiger partial charge in [-0.15, -0.1) is 0 Å². The van der Waals surface area contributed by atoms with Gasteiger partial charge in [0.25, 0.3) is 0 Å². The molecule has 102 valence electrons. The summed E-state index contributed by atoms with van der Waals surface area (Å²) in [5.74, 6) is -0.104. The first-order valence-electron chi connectivity index (χ1n) is 6.41. The van der Waals surface area contributed by atoms with Gasteiger partial charge >= 0.3 is 0 Å². The normalized spacial score (nSPS) is 31.9. The summed E-state index contributed by atoms with van der Waals surface area (Å²) in [7, 11) is 0. The number of amidine groups is 1. The fraction of sp³-hybridized carbons (Fsp3) is 0.833. The zero-order valence-corrected chi connectivity index (χ0v) is 10.7. The van der Waals surface area contributed by atoms with Crippen LogP contribution in [0.5, 0.6) is 0 Å². The molecular weight excluding hydrogens is 234 g/mol. The molecule has 1 atom stereocenters. The topological polar surface area (TPSA) is 99.2 Å². The highest BCUT2D eigenvalue weighted by atomic mass is 16.4. The molecule has 2 rings (SSSR count). The lowest BCUT2D eigenvalue weighted by Gasteiger charge is -2.45. The average molecular weight is 255 g/mol. The van der Waals surface area contributed by atoms with Gasteiger partial charge in [0.05, 0.1) is 5.60 Å². The predicted octanol–water partition coefficient (Wildman–Crippen LogP) is 0.276. The average Bonchev–Trinajstić information content (AvgIpc) is 2.25. The van der Waals surface area contributed by atoms with Crippen LogP contribution >= 0.6 is 0 Å². The van der Waals surface area contributed by atoms with Gasteiger partial charge in [0.2, 0.25) is 5.91 Å². The summed E-state index contributed by atoms with van der Waals surface area (Å²) < 4.78 is 0. The molecule has 1 unspecified atom stereocenters. The van der Waals surface area contributed by atoms with E-state index in [0.29, 0.717) is 32.4 Å². The van der Waals surface area contributed by atoms with Gasteiger partial charge in [0.1, 0.15) is 5.41 Å². The highest BCUT2D eigenvalue weighted by molar-refractivity contribution is 6.07. The summed E-state index contributed by atoms with van der Waals surface area (Å²) in [6, 6.07) is 0. The summed E-state index contributed by atoms with van der Waals surface area (Å²) in [4.78, 5) is 14.2. The molecule has 1 aliphatic heterocycles. The molecule has 6 nitrogen and oxygen atoms in total. The number of carbonyl (C=O) groups is 1. The number of rotatable bonds is 2. The van der Waals surface area contributed by atoms with Crippen LogP contribution in [0, 0.1) is 5.41 Å². The lowest BCUT2D eigenvalue weighted by Crippen LogP contribution is -2.59. The van der Waals surface area contributed by atoms with Crippen molar-refractivity contribution in [1.29, 1.82) is 0 Å². The molecule has 2 fully saturated rings. The Morgan fingerprint density at radius 2 is 2.00 bits per heavy atom. The highest BCUT2D eigenvalue weighted by Crippen LogP contribution is 2.43. The molecule has 1 saturated carbocycles. The van der Waals surface area contributed by atoms with Crippen LogP contribution in [0.4, 0.5) is 0 Å². The van der Waals surface area contributed by atoms with Crippen molar-refractivity contribution in [3.05, 3.63) is 0 Å². The maximum Gasteiger partial charge on any atom is 0.236 e. The molecule has 6 heteroatoms. The molecule has 4 N–H and O–H groups in total. The van der Waals surface area contributed by atoms with Gasteiger partial charge in [0.15, 0.2) is 5.84 Å². The Morgan fingerprint density at radius 1 is 1.33 bits per heavy atom. The Balaban J connectivity index is 2.15. The van der Waals surface area contributed by atoms with Crippen molar-refractivity contribution in [1.82, 2.24) is 4.90 Å². The zero-order valence-electron chi connectivity index (χ0n) is 10.7. The predicted molar refractivity (Wildman–Crippen MR) is 66.1 cm³/mol. The van der Waals surface area contributed by atoms with Crippen molar-refractivity contribution in [3.63, 3.8) is 0 Å². The van der Waals surface area contributed by atoms with E-state index in [4.69, 9.17) is 10.9 Å². The summed E-state index contributed by atoms with van der Waals surface area (Å²) in [5, 5.41) is 21.9. The number of aliphatic hydroxyl groups is 1. The molecule has 0 aromatic heterocycles. The van der Waals surface area contributed by atoms with Crippen LogP contribution < -0.4 is 5.73 Å². The zero-order chi connectivity index (χ0) is 13.4. The molecule has 1 heterocycles. The van der Waals surface area contributed by atoms with Crippen molar-refractivity contribution in [2.75, 3.05) is 13.1 Å². The molecule has 1 aliphatic carbocycles. The number of hydrogen-bond donors (Lipinski definition) is 3. The number of carbonyl (C=O) groups excluding carboxylic acids is 1. The fourth-order valence-electron chi connectivity index (χ4n) is 2.90. The smallest absolute Gasteiger partial charge is 0.236 e. The number of nitrogens with two attached hydrogens (primary N) is 1. The number of piperidine rings is 1.